The molecule has 1 aromatic heterocycles. The van der Waals surface area contributed by atoms with Gasteiger partial charge in [-0.25, -0.2) is 4.79 Å². The minimum Gasteiger partial charge on any atom is -0.466 e. The largest absolute Gasteiger partial charge is 0.466 e. The van der Waals surface area contributed by atoms with Gasteiger partial charge in [-0.05, 0) is 18.9 Å². The molecule has 1 aromatic carbocycles. The lowest BCUT2D eigenvalue weighted by atomic mass is 10.2. The fourth-order valence-corrected chi connectivity index (χ4v) is 3.68. The van der Waals surface area contributed by atoms with Crippen molar-refractivity contribution < 1.29 is 18.2 Å². The maximum absolute atomic E-state index is 12.5. The second-order valence-electron chi connectivity index (χ2n) is 5.46. The zero-order valence-electron chi connectivity index (χ0n) is 13.8. The molecule has 0 aliphatic heterocycles. The van der Waals surface area contributed by atoms with E-state index in [1.54, 1.807) is 19.1 Å². The van der Waals surface area contributed by atoms with Gasteiger partial charge in [-0.1, -0.05) is 38.0 Å². The highest BCUT2D eigenvalue weighted by molar-refractivity contribution is 7.85. The van der Waals surface area contributed by atoms with Crippen molar-refractivity contribution in [2.45, 2.75) is 43.9 Å². The number of carbonyl (C=O) groups is 1. The van der Waals surface area contributed by atoms with Gasteiger partial charge in [0.2, 0.25) is 0 Å². The highest BCUT2D eigenvalue weighted by atomic mass is 32.2. The number of carbonyl (C=O) groups excluding carboxylic acids is 1. The molecule has 130 valence electrons. The Labute approximate surface area is 143 Å². The van der Waals surface area contributed by atoms with E-state index in [9.17, 15) is 13.8 Å². The van der Waals surface area contributed by atoms with E-state index >= 15 is 0 Å². The summed E-state index contributed by atoms with van der Waals surface area (Å²) in [6.45, 7) is 2.21. The molecule has 0 amide bonds. The molecule has 0 aliphatic carbocycles. The Morgan fingerprint density at radius 3 is 2.71 bits per heavy atom. The molecule has 1 atom stereocenters. The van der Waals surface area contributed by atoms with Crippen LogP contribution in [0.15, 0.2) is 44.4 Å². The number of para-hydroxylation sites is 1. The molecule has 24 heavy (non-hydrogen) atoms. The number of esters is 1. The Hall–Kier alpha value is -1.95. The third-order valence-corrected chi connectivity index (χ3v) is 5.12. The average Bonchev–Trinajstić information content (AvgIpc) is 2.59. The Morgan fingerprint density at radius 2 is 1.92 bits per heavy atom. The van der Waals surface area contributed by atoms with Crippen LogP contribution in [-0.4, -0.2) is 22.5 Å². The third-order valence-electron chi connectivity index (χ3n) is 3.63. The average molecular weight is 350 g/mol. The molecule has 5 nitrogen and oxygen atoms in total. The van der Waals surface area contributed by atoms with Gasteiger partial charge >= 0.3 is 11.6 Å². The molecule has 0 N–H and O–H groups in total. The maximum Gasteiger partial charge on any atom is 0.337 e. The first-order valence-electron chi connectivity index (χ1n) is 8.18. The van der Waals surface area contributed by atoms with E-state index in [2.05, 4.69) is 0 Å². The van der Waals surface area contributed by atoms with Gasteiger partial charge in [0, 0.05) is 23.6 Å². The van der Waals surface area contributed by atoms with Crippen molar-refractivity contribution in [3.8, 4) is 0 Å². The van der Waals surface area contributed by atoms with E-state index in [0.717, 1.165) is 31.1 Å². The normalized spacial score (nSPS) is 12.2. The summed E-state index contributed by atoms with van der Waals surface area (Å²) in [7, 11) is -1.23. The van der Waals surface area contributed by atoms with Gasteiger partial charge < -0.3 is 9.15 Å². The van der Waals surface area contributed by atoms with E-state index in [1.807, 2.05) is 12.1 Å². The van der Waals surface area contributed by atoms with Crippen molar-refractivity contribution in [2.75, 3.05) is 12.4 Å². The number of hydrogen-bond acceptors (Lipinski definition) is 5. The summed E-state index contributed by atoms with van der Waals surface area (Å²) < 4.78 is 22.6. The summed E-state index contributed by atoms with van der Waals surface area (Å²) in [5.74, 6) is 0.327. The van der Waals surface area contributed by atoms with Crippen molar-refractivity contribution in [1.29, 1.82) is 0 Å². The molecule has 0 saturated heterocycles. The molecule has 6 heteroatoms. The number of ether oxygens (including phenoxy) is 1. The zero-order valence-corrected chi connectivity index (χ0v) is 14.6. The molecule has 0 saturated carbocycles. The molecule has 1 heterocycles. The topological polar surface area (TPSA) is 73.6 Å². The van der Waals surface area contributed by atoms with Crippen LogP contribution in [0, 0.1) is 0 Å². The monoisotopic (exact) mass is 350 g/mol. The van der Waals surface area contributed by atoms with Crippen LogP contribution >= 0.6 is 0 Å². The summed E-state index contributed by atoms with van der Waals surface area (Å²) >= 11 is 0. The minimum atomic E-state index is -1.23. The summed E-state index contributed by atoms with van der Waals surface area (Å²) in [5.41, 5.74) is -0.0131. The second kappa shape index (κ2) is 9.37. The van der Waals surface area contributed by atoms with Crippen LogP contribution in [0.2, 0.25) is 0 Å². The van der Waals surface area contributed by atoms with Crippen LogP contribution in [-0.2, 0) is 20.3 Å². The first-order chi connectivity index (χ1) is 11.6. The van der Waals surface area contributed by atoms with Crippen LogP contribution in [0.1, 0.15) is 39.0 Å². The van der Waals surface area contributed by atoms with Crippen molar-refractivity contribution in [1.82, 2.24) is 0 Å². The van der Waals surface area contributed by atoms with E-state index in [4.69, 9.17) is 9.15 Å². The number of hydrogen-bond donors (Lipinski definition) is 0. The zero-order chi connectivity index (χ0) is 17.4. The molecular weight excluding hydrogens is 328 g/mol. The molecule has 0 bridgehead atoms. The van der Waals surface area contributed by atoms with Crippen molar-refractivity contribution in [3.05, 3.63) is 40.8 Å². The number of benzene rings is 1. The van der Waals surface area contributed by atoms with E-state index < -0.39 is 16.4 Å². The fourth-order valence-electron chi connectivity index (χ4n) is 2.36. The third kappa shape index (κ3) is 5.30. The van der Waals surface area contributed by atoms with Gasteiger partial charge in [0.15, 0.2) is 0 Å². The first-order valence-corrected chi connectivity index (χ1v) is 9.50. The maximum atomic E-state index is 12.5. The molecule has 0 fully saturated rings. The van der Waals surface area contributed by atoms with E-state index in [0.29, 0.717) is 29.3 Å². The number of fused-ring (bicyclic) bond motifs is 1. The predicted octanol–water partition coefficient (Wildman–Crippen LogP) is 3.41. The van der Waals surface area contributed by atoms with Gasteiger partial charge in [-0.3, -0.25) is 9.00 Å². The van der Waals surface area contributed by atoms with Gasteiger partial charge in [-0.2, -0.15) is 0 Å². The smallest absolute Gasteiger partial charge is 0.337 e. The fraction of sp³-hybridized carbons (Fsp3) is 0.444. The van der Waals surface area contributed by atoms with E-state index in [1.165, 1.54) is 6.07 Å². The van der Waals surface area contributed by atoms with Gasteiger partial charge in [0.1, 0.15) is 5.58 Å². The molecule has 2 aromatic rings. The lowest BCUT2D eigenvalue weighted by Crippen LogP contribution is -2.06. The summed E-state index contributed by atoms with van der Waals surface area (Å²) in [4.78, 5) is 23.1. The highest BCUT2D eigenvalue weighted by Crippen LogP contribution is 2.20. The lowest BCUT2D eigenvalue weighted by Gasteiger charge is -2.06. The molecule has 0 aliphatic rings. The van der Waals surface area contributed by atoms with Crippen LogP contribution in [0.5, 0.6) is 0 Å². The summed E-state index contributed by atoms with van der Waals surface area (Å²) in [6.07, 6.45) is 3.85. The van der Waals surface area contributed by atoms with Crippen LogP contribution in [0.25, 0.3) is 11.0 Å². The van der Waals surface area contributed by atoms with Crippen LogP contribution in [0.3, 0.4) is 0 Å². The van der Waals surface area contributed by atoms with Crippen LogP contribution in [0.4, 0.5) is 0 Å². The molecular formula is C18H22O5S. The number of unbranched alkanes of at least 4 members (excludes halogenated alkanes) is 3. The quantitative estimate of drug-likeness (QED) is 0.394. The molecule has 0 radical (unpaired) electrons. The van der Waals surface area contributed by atoms with Gasteiger partial charge in [-0.15, -0.1) is 0 Å². The Balaban J connectivity index is 1.81. The second-order valence-corrected chi connectivity index (χ2v) is 7.00. The first kappa shape index (κ1) is 18.4. The van der Waals surface area contributed by atoms with Crippen molar-refractivity contribution >= 4 is 27.7 Å². The van der Waals surface area contributed by atoms with Crippen LogP contribution < -0.4 is 5.63 Å². The van der Waals surface area contributed by atoms with E-state index in [-0.39, 0.29) is 5.97 Å². The highest BCUT2D eigenvalue weighted by Gasteiger charge is 2.11. The van der Waals surface area contributed by atoms with Crippen molar-refractivity contribution in [3.63, 3.8) is 0 Å². The lowest BCUT2D eigenvalue weighted by molar-refractivity contribution is -0.143. The molecule has 0 spiro atoms. The molecule has 1 unspecified atom stereocenters. The molecule has 2 rings (SSSR count). The predicted molar refractivity (Wildman–Crippen MR) is 93.5 cm³/mol. The minimum absolute atomic E-state index is 0.175. The summed E-state index contributed by atoms with van der Waals surface area (Å²) in [6, 6.07) is 8.45. The Kier molecular flexibility index (Phi) is 7.18. The van der Waals surface area contributed by atoms with Crippen molar-refractivity contribution in [2.24, 2.45) is 0 Å². The summed E-state index contributed by atoms with van der Waals surface area (Å²) in [5, 5.41) is 0.724. The Morgan fingerprint density at radius 1 is 1.17 bits per heavy atom. The van der Waals surface area contributed by atoms with Gasteiger partial charge in [0.05, 0.1) is 22.3 Å². The number of rotatable bonds is 9. The standard InChI is InChI=1S/C18H22O5S/c1-2-17(19)22-11-7-3-4-8-12-24(21)16-13-18(20)23-15-10-6-5-9-14(15)16/h5-6,9-10,13H,2-4,7-8,11-12H2,1H3. The van der Waals surface area contributed by atoms with Gasteiger partial charge in [0.25, 0.3) is 0 Å². The Bertz CT molecular complexity index is 765. The SMILES string of the molecule is CCC(=O)OCCCCCCS(=O)c1cc(=O)oc2ccccc12.